The molecule has 0 aromatic heterocycles. The largest absolute Gasteiger partial charge is 0.488 e. The molecule has 0 atom stereocenters. The van der Waals surface area contributed by atoms with Crippen LogP contribution in [0.25, 0.3) is 11.6 Å². The van der Waals surface area contributed by atoms with E-state index in [-0.39, 0.29) is 6.61 Å². The third-order valence-corrected chi connectivity index (χ3v) is 5.36. The lowest BCUT2D eigenvalue weighted by molar-refractivity contribution is 0.305. The number of ether oxygens (including phenoxy) is 1. The topological polar surface area (TPSA) is 33.0 Å². The molecular weight excluding hydrogens is 481 g/mol. The van der Waals surface area contributed by atoms with Crippen LogP contribution in [0.15, 0.2) is 65.1 Å². The van der Waals surface area contributed by atoms with Crippen molar-refractivity contribution in [3.8, 4) is 11.8 Å². The molecule has 0 saturated carbocycles. The van der Waals surface area contributed by atoms with Gasteiger partial charge in [-0.1, -0.05) is 75.0 Å². The van der Waals surface area contributed by atoms with Crippen molar-refractivity contribution in [3.05, 3.63) is 96.9 Å². The Morgan fingerprint density at radius 2 is 1.79 bits per heavy atom. The molecule has 2 nitrogen and oxygen atoms in total. The first kappa shape index (κ1) is 20.8. The molecule has 0 spiro atoms. The molecular formula is C22H13BrCl3NO. The predicted octanol–water partition coefficient (Wildman–Crippen LogP) is 8.05. The monoisotopic (exact) mass is 491 g/mol. The van der Waals surface area contributed by atoms with Crippen molar-refractivity contribution in [1.82, 2.24) is 0 Å². The molecule has 0 amide bonds. The van der Waals surface area contributed by atoms with Gasteiger partial charge in [-0.15, -0.1) is 0 Å². The van der Waals surface area contributed by atoms with E-state index in [2.05, 4.69) is 22.0 Å². The van der Waals surface area contributed by atoms with E-state index in [1.165, 1.54) is 0 Å². The smallest absolute Gasteiger partial charge is 0.127 e. The molecule has 0 aliphatic heterocycles. The van der Waals surface area contributed by atoms with Crippen molar-refractivity contribution in [2.75, 3.05) is 0 Å². The maximum atomic E-state index is 9.64. The normalized spacial score (nSPS) is 11.2. The van der Waals surface area contributed by atoms with Gasteiger partial charge in [0.1, 0.15) is 12.4 Å². The summed E-state index contributed by atoms with van der Waals surface area (Å²) in [6, 6.07) is 20.3. The quantitative estimate of drug-likeness (QED) is 0.266. The molecule has 0 radical (unpaired) electrons. The van der Waals surface area contributed by atoms with Gasteiger partial charge in [0.2, 0.25) is 0 Å². The Morgan fingerprint density at radius 3 is 2.50 bits per heavy atom. The Hall–Kier alpha value is -1.96. The van der Waals surface area contributed by atoms with Crippen LogP contribution in [0.4, 0.5) is 0 Å². The maximum absolute atomic E-state index is 9.64. The number of hydrogen-bond acceptors (Lipinski definition) is 2. The summed E-state index contributed by atoms with van der Waals surface area (Å²) in [6.45, 7) is 0.270. The molecule has 0 fully saturated rings. The van der Waals surface area contributed by atoms with Crippen LogP contribution in [-0.2, 0) is 6.61 Å². The van der Waals surface area contributed by atoms with Crippen molar-refractivity contribution in [2.45, 2.75) is 6.61 Å². The molecule has 0 aliphatic rings. The van der Waals surface area contributed by atoms with Gasteiger partial charge >= 0.3 is 0 Å². The van der Waals surface area contributed by atoms with Gasteiger partial charge in [0.15, 0.2) is 0 Å². The highest BCUT2D eigenvalue weighted by Crippen LogP contribution is 2.31. The Kier molecular flexibility index (Phi) is 7.04. The first-order valence-corrected chi connectivity index (χ1v) is 10.1. The molecule has 140 valence electrons. The van der Waals surface area contributed by atoms with Crippen LogP contribution in [0, 0.1) is 11.3 Å². The van der Waals surface area contributed by atoms with Crippen LogP contribution in [0.1, 0.15) is 16.7 Å². The zero-order chi connectivity index (χ0) is 20.1. The third-order valence-electron chi connectivity index (χ3n) is 3.95. The number of allylic oxidation sites excluding steroid dienone is 1. The van der Waals surface area contributed by atoms with Crippen molar-refractivity contribution in [2.24, 2.45) is 0 Å². The molecule has 0 N–H and O–H groups in total. The van der Waals surface area contributed by atoms with Crippen molar-refractivity contribution in [1.29, 1.82) is 5.26 Å². The van der Waals surface area contributed by atoms with Crippen molar-refractivity contribution in [3.63, 3.8) is 0 Å². The van der Waals surface area contributed by atoms with E-state index < -0.39 is 0 Å². The SMILES string of the molecule is N#CC(=Cc1cc(Br)ccc1OCc1ccc(Cl)cc1Cl)c1ccccc1Cl. The van der Waals surface area contributed by atoms with E-state index in [0.717, 1.165) is 15.6 Å². The lowest BCUT2D eigenvalue weighted by atomic mass is 10.0. The summed E-state index contributed by atoms with van der Waals surface area (Å²) in [7, 11) is 0. The standard InChI is InChI=1S/C22H13BrCl3NO/c23-17-6-8-22(28-13-14-5-7-18(24)11-21(14)26)15(10-17)9-16(12-27)19-3-1-2-4-20(19)25/h1-11H,13H2. The van der Waals surface area contributed by atoms with E-state index in [1.54, 1.807) is 24.3 Å². The van der Waals surface area contributed by atoms with E-state index in [4.69, 9.17) is 39.5 Å². The van der Waals surface area contributed by atoms with E-state index in [1.807, 2.05) is 42.5 Å². The van der Waals surface area contributed by atoms with Crippen molar-refractivity contribution >= 4 is 62.4 Å². The fourth-order valence-electron chi connectivity index (χ4n) is 2.56. The lowest BCUT2D eigenvalue weighted by Crippen LogP contribution is -1.98. The van der Waals surface area contributed by atoms with Crippen LogP contribution in [0.3, 0.4) is 0 Å². The van der Waals surface area contributed by atoms with Gasteiger partial charge in [-0.2, -0.15) is 5.26 Å². The second-order valence-electron chi connectivity index (χ2n) is 5.86. The number of nitriles is 1. The molecule has 3 rings (SSSR count). The highest BCUT2D eigenvalue weighted by Gasteiger charge is 2.10. The summed E-state index contributed by atoms with van der Waals surface area (Å²) in [5.74, 6) is 0.619. The number of halogens is 4. The first-order chi connectivity index (χ1) is 13.5. The molecule has 0 unspecified atom stereocenters. The summed E-state index contributed by atoms with van der Waals surface area (Å²) >= 11 is 21.9. The van der Waals surface area contributed by atoms with Crippen LogP contribution >= 0.6 is 50.7 Å². The number of rotatable bonds is 5. The zero-order valence-corrected chi connectivity index (χ0v) is 18.3. The maximum Gasteiger partial charge on any atom is 0.127 e. The fraction of sp³-hybridized carbons (Fsp3) is 0.0455. The Morgan fingerprint density at radius 1 is 1.00 bits per heavy atom. The van der Waals surface area contributed by atoms with Crippen LogP contribution in [0.2, 0.25) is 15.1 Å². The van der Waals surface area contributed by atoms with Gasteiger partial charge in [0.05, 0.1) is 11.6 Å². The van der Waals surface area contributed by atoms with E-state index in [9.17, 15) is 5.26 Å². The molecule has 3 aromatic rings. The van der Waals surface area contributed by atoms with Gasteiger partial charge in [-0.25, -0.2) is 0 Å². The first-order valence-electron chi connectivity index (χ1n) is 8.21. The summed E-state index contributed by atoms with van der Waals surface area (Å²) in [5.41, 5.74) is 2.67. The molecule has 3 aromatic carbocycles. The van der Waals surface area contributed by atoms with Gasteiger partial charge in [-0.05, 0) is 42.5 Å². The van der Waals surface area contributed by atoms with E-state index >= 15 is 0 Å². The second kappa shape index (κ2) is 9.49. The Labute approximate surface area is 187 Å². The molecule has 0 saturated heterocycles. The van der Waals surface area contributed by atoms with Gasteiger partial charge < -0.3 is 4.74 Å². The fourth-order valence-corrected chi connectivity index (χ4v) is 3.64. The average molecular weight is 494 g/mol. The number of benzene rings is 3. The summed E-state index contributed by atoms with van der Waals surface area (Å²) in [4.78, 5) is 0. The number of hydrogen-bond donors (Lipinski definition) is 0. The third kappa shape index (κ3) is 5.10. The van der Waals surface area contributed by atoms with Gasteiger partial charge in [0, 0.05) is 36.2 Å². The van der Waals surface area contributed by atoms with Crippen LogP contribution in [-0.4, -0.2) is 0 Å². The average Bonchev–Trinajstić information content (AvgIpc) is 2.67. The van der Waals surface area contributed by atoms with Crippen LogP contribution in [0.5, 0.6) is 5.75 Å². The lowest BCUT2D eigenvalue weighted by Gasteiger charge is -2.12. The minimum atomic E-state index is 0.270. The molecule has 0 aliphatic carbocycles. The summed E-state index contributed by atoms with van der Waals surface area (Å²) < 4.78 is 6.84. The molecule has 0 heterocycles. The summed E-state index contributed by atoms with van der Waals surface area (Å²) in [5, 5.41) is 11.3. The molecule has 6 heteroatoms. The minimum Gasteiger partial charge on any atom is -0.488 e. The highest BCUT2D eigenvalue weighted by atomic mass is 79.9. The highest BCUT2D eigenvalue weighted by molar-refractivity contribution is 9.10. The zero-order valence-electron chi connectivity index (χ0n) is 14.4. The number of nitrogens with zero attached hydrogens (tertiary/aromatic N) is 1. The summed E-state index contributed by atoms with van der Waals surface area (Å²) in [6.07, 6.45) is 1.75. The Balaban J connectivity index is 1.94. The van der Waals surface area contributed by atoms with E-state index in [0.29, 0.717) is 32.0 Å². The predicted molar refractivity (Wildman–Crippen MR) is 120 cm³/mol. The van der Waals surface area contributed by atoms with Crippen LogP contribution < -0.4 is 4.74 Å². The minimum absolute atomic E-state index is 0.270. The second-order valence-corrected chi connectivity index (χ2v) is 8.02. The van der Waals surface area contributed by atoms with Gasteiger partial charge in [-0.3, -0.25) is 0 Å². The van der Waals surface area contributed by atoms with Gasteiger partial charge in [0.25, 0.3) is 0 Å². The Bertz CT molecular complexity index is 1090. The molecule has 28 heavy (non-hydrogen) atoms. The molecule has 0 bridgehead atoms. The van der Waals surface area contributed by atoms with Crippen molar-refractivity contribution < 1.29 is 4.74 Å².